The van der Waals surface area contributed by atoms with Crippen molar-refractivity contribution in [2.75, 3.05) is 19.3 Å². The Labute approximate surface area is 138 Å². The number of benzene rings is 1. The number of rotatable bonds is 4. The summed E-state index contributed by atoms with van der Waals surface area (Å²) in [5.41, 5.74) is 0.645. The number of pyridine rings is 1. The molecule has 2 aromatic rings. The summed E-state index contributed by atoms with van der Waals surface area (Å²) in [6.07, 6.45) is 3.60. The highest BCUT2D eigenvalue weighted by molar-refractivity contribution is 7.98. The lowest BCUT2D eigenvalue weighted by molar-refractivity contribution is 0.0175. The Bertz CT molecular complexity index is 689. The van der Waals surface area contributed by atoms with E-state index in [0.29, 0.717) is 29.4 Å². The first-order valence-corrected chi connectivity index (χ1v) is 8.49. The van der Waals surface area contributed by atoms with Gasteiger partial charge in [-0.3, -0.25) is 4.79 Å². The third-order valence-corrected chi connectivity index (χ3v) is 4.48. The van der Waals surface area contributed by atoms with Gasteiger partial charge in [0.15, 0.2) is 0 Å². The molecule has 22 heavy (non-hydrogen) atoms. The van der Waals surface area contributed by atoms with Crippen molar-refractivity contribution >= 4 is 29.3 Å². The molecule has 0 spiro atoms. The first-order chi connectivity index (χ1) is 10.7. The minimum atomic E-state index is -0.0155. The predicted molar refractivity (Wildman–Crippen MR) is 87.8 cm³/mol. The van der Waals surface area contributed by atoms with E-state index >= 15 is 0 Å². The maximum atomic E-state index is 12.5. The van der Waals surface area contributed by atoms with E-state index in [1.54, 1.807) is 23.2 Å². The summed E-state index contributed by atoms with van der Waals surface area (Å²) in [5, 5.41) is 1.34. The fraction of sp³-hybridized carbons (Fsp3) is 0.250. The van der Waals surface area contributed by atoms with Gasteiger partial charge in [-0.15, -0.1) is 11.8 Å². The minimum Gasteiger partial charge on any atom is -0.485 e. The van der Waals surface area contributed by atoms with Gasteiger partial charge in [0.25, 0.3) is 5.91 Å². The molecule has 1 aliphatic heterocycles. The van der Waals surface area contributed by atoms with Crippen LogP contribution < -0.4 is 4.74 Å². The van der Waals surface area contributed by atoms with Crippen LogP contribution in [0.2, 0.25) is 5.02 Å². The van der Waals surface area contributed by atoms with Gasteiger partial charge >= 0.3 is 0 Å². The summed E-state index contributed by atoms with van der Waals surface area (Å²) in [4.78, 5) is 18.4. The largest absolute Gasteiger partial charge is 0.485 e. The van der Waals surface area contributed by atoms with Gasteiger partial charge in [-0.1, -0.05) is 23.7 Å². The van der Waals surface area contributed by atoms with E-state index in [4.69, 9.17) is 16.3 Å². The molecule has 0 unspecified atom stereocenters. The van der Waals surface area contributed by atoms with Gasteiger partial charge in [0.2, 0.25) is 0 Å². The molecule has 1 aromatic carbocycles. The van der Waals surface area contributed by atoms with E-state index < -0.39 is 0 Å². The molecule has 114 valence electrons. The number of carbonyl (C=O) groups excluding carboxylic acids is 1. The van der Waals surface area contributed by atoms with Crippen LogP contribution >= 0.6 is 23.4 Å². The standard InChI is InChI=1S/C16H15ClN2O2S/c1-22-15-12(5-4-8-18-15)16(20)19-9-11(10-19)21-14-7-3-2-6-13(14)17/h2-8,11H,9-10H2,1H3. The summed E-state index contributed by atoms with van der Waals surface area (Å²) in [7, 11) is 0. The molecule has 1 amide bonds. The summed E-state index contributed by atoms with van der Waals surface area (Å²) in [5.74, 6) is 0.656. The average molecular weight is 335 g/mol. The van der Waals surface area contributed by atoms with Crippen LogP contribution in [0.3, 0.4) is 0 Å². The van der Waals surface area contributed by atoms with Crippen LogP contribution in [-0.2, 0) is 0 Å². The number of ether oxygens (including phenoxy) is 1. The molecular formula is C16H15ClN2O2S. The average Bonchev–Trinajstić information content (AvgIpc) is 2.51. The van der Waals surface area contributed by atoms with Gasteiger partial charge in [-0.05, 0) is 30.5 Å². The number of para-hydroxylation sites is 1. The number of amides is 1. The van der Waals surface area contributed by atoms with Crippen LogP contribution in [0.15, 0.2) is 47.6 Å². The molecule has 0 N–H and O–H groups in total. The molecule has 3 rings (SSSR count). The fourth-order valence-corrected chi connectivity index (χ4v) is 3.01. The number of hydrogen-bond donors (Lipinski definition) is 0. The van der Waals surface area contributed by atoms with Crippen LogP contribution in [0, 0.1) is 0 Å². The van der Waals surface area contributed by atoms with Crippen molar-refractivity contribution in [1.29, 1.82) is 0 Å². The van der Waals surface area contributed by atoms with Gasteiger partial charge in [0.1, 0.15) is 16.9 Å². The van der Waals surface area contributed by atoms with Crippen molar-refractivity contribution in [2.45, 2.75) is 11.1 Å². The second-order valence-corrected chi connectivity index (χ2v) is 6.14. The molecule has 0 aliphatic carbocycles. The lowest BCUT2D eigenvalue weighted by Crippen LogP contribution is -2.56. The molecule has 0 bridgehead atoms. The van der Waals surface area contributed by atoms with Gasteiger partial charge in [-0.2, -0.15) is 0 Å². The fourth-order valence-electron chi connectivity index (χ4n) is 2.28. The molecule has 6 heteroatoms. The van der Waals surface area contributed by atoms with E-state index in [2.05, 4.69) is 4.98 Å². The summed E-state index contributed by atoms with van der Waals surface area (Å²) < 4.78 is 5.81. The zero-order valence-electron chi connectivity index (χ0n) is 12.0. The van der Waals surface area contributed by atoms with Crippen molar-refractivity contribution in [3.05, 3.63) is 53.2 Å². The SMILES string of the molecule is CSc1ncccc1C(=O)N1CC(Oc2ccccc2Cl)C1. The molecule has 1 aromatic heterocycles. The number of halogens is 1. The Morgan fingerprint density at radius 3 is 2.82 bits per heavy atom. The second kappa shape index (κ2) is 6.58. The van der Waals surface area contributed by atoms with E-state index in [1.165, 1.54) is 11.8 Å². The number of carbonyl (C=O) groups is 1. The first-order valence-electron chi connectivity index (χ1n) is 6.88. The highest BCUT2D eigenvalue weighted by Crippen LogP contribution is 2.27. The van der Waals surface area contributed by atoms with Crippen LogP contribution in [0.4, 0.5) is 0 Å². The lowest BCUT2D eigenvalue weighted by Gasteiger charge is -2.39. The Hall–Kier alpha value is -1.72. The number of hydrogen-bond acceptors (Lipinski definition) is 4. The number of likely N-dealkylation sites (tertiary alicyclic amines) is 1. The van der Waals surface area contributed by atoms with Crippen LogP contribution in [0.1, 0.15) is 10.4 Å². The third kappa shape index (κ3) is 3.05. The molecule has 1 saturated heterocycles. The van der Waals surface area contributed by atoms with Crippen molar-refractivity contribution in [3.63, 3.8) is 0 Å². The number of nitrogens with zero attached hydrogens (tertiary/aromatic N) is 2. The zero-order valence-corrected chi connectivity index (χ0v) is 13.6. The predicted octanol–water partition coefficient (Wildman–Crippen LogP) is 3.36. The van der Waals surface area contributed by atoms with E-state index in [-0.39, 0.29) is 12.0 Å². The van der Waals surface area contributed by atoms with Gasteiger partial charge in [-0.25, -0.2) is 4.98 Å². The van der Waals surface area contributed by atoms with Crippen LogP contribution in [0.5, 0.6) is 5.75 Å². The van der Waals surface area contributed by atoms with E-state index in [9.17, 15) is 4.79 Å². The topological polar surface area (TPSA) is 42.4 Å². The van der Waals surface area contributed by atoms with Gasteiger partial charge < -0.3 is 9.64 Å². The van der Waals surface area contributed by atoms with Crippen molar-refractivity contribution in [1.82, 2.24) is 9.88 Å². The molecular weight excluding hydrogens is 320 g/mol. The number of aromatic nitrogens is 1. The molecule has 0 radical (unpaired) electrons. The van der Waals surface area contributed by atoms with Crippen LogP contribution in [0.25, 0.3) is 0 Å². The maximum absolute atomic E-state index is 12.5. The monoisotopic (exact) mass is 334 g/mol. The van der Waals surface area contributed by atoms with Crippen molar-refractivity contribution in [3.8, 4) is 5.75 Å². The highest BCUT2D eigenvalue weighted by Gasteiger charge is 2.34. The Kier molecular flexibility index (Phi) is 4.55. The van der Waals surface area contributed by atoms with Gasteiger partial charge in [0.05, 0.1) is 23.7 Å². The molecule has 2 heterocycles. The van der Waals surface area contributed by atoms with Crippen molar-refractivity contribution < 1.29 is 9.53 Å². The highest BCUT2D eigenvalue weighted by atomic mass is 35.5. The normalized spacial score (nSPS) is 14.5. The van der Waals surface area contributed by atoms with E-state index in [0.717, 1.165) is 5.03 Å². The second-order valence-electron chi connectivity index (χ2n) is 4.94. The van der Waals surface area contributed by atoms with Crippen LogP contribution in [-0.4, -0.2) is 41.2 Å². The van der Waals surface area contributed by atoms with E-state index in [1.807, 2.05) is 30.5 Å². The summed E-state index contributed by atoms with van der Waals surface area (Å²) in [6.45, 7) is 1.12. The van der Waals surface area contributed by atoms with Crippen molar-refractivity contribution in [2.24, 2.45) is 0 Å². The summed E-state index contributed by atoms with van der Waals surface area (Å²) >= 11 is 7.54. The quantitative estimate of drug-likeness (QED) is 0.804. The molecule has 4 nitrogen and oxygen atoms in total. The molecule has 0 atom stereocenters. The Morgan fingerprint density at radius 1 is 1.32 bits per heavy atom. The molecule has 1 fully saturated rings. The maximum Gasteiger partial charge on any atom is 0.256 e. The molecule has 1 aliphatic rings. The minimum absolute atomic E-state index is 0.00328. The Morgan fingerprint density at radius 2 is 2.09 bits per heavy atom. The first kappa shape index (κ1) is 15.2. The Balaban J connectivity index is 1.61. The summed E-state index contributed by atoms with van der Waals surface area (Å²) in [6, 6.07) is 11.0. The number of thioether (sulfide) groups is 1. The lowest BCUT2D eigenvalue weighted by atomic mass is 10.1. The molecule has 0 saturated carbocycles. The zero-order chi connectivity index (χ0) is 15.5. The van der Waals surface area contributed by atoms with Gasteiger partial charge in [0, 0.05) is 6.20 Å². The smallest absolute Gasteiger partial charge is 0.256 e. The third-order valence-electron chi connectivity index (χ3n) is 3.46.